The highest BCUT2D eigenvalue weighted by Gasteiger charge is 2.38. The molecule has 0 saturated carbocycles. The van der Waals surface area contributed by atoms with E-state index < -0.39 is 31.9 Å². The Kier molecular flexibility index (Phi) is 6.66. The van der Waals surface area contributed by atoms with Crippen molar-refractivity contribution in [2.45, 2.75) is 24.3 Å². The first-order chi connectivity index (χ1) is 16.1. The third kappa shape index (κ3) is 4.94. The van der Waals surface area contributed by atoms with E-state index in [1.165, 1.54) is 55.5 Å². The molecule has 0 saturated heterocycles. The summed E-state index contributed by atoms with van der Waals surface area (Å²) in [4.78, 5) is -0.00557. The van der Waals surface area contributed by atoms with Gasteiger partial charge in [0.1, 0.15) is 5.82 Å². The number of hydrazone groups is 1. The molecule has 7 nitrogen and oxygen atoms in total. The Hall–Kier alpha value is -2.95. The number of hydrogen-bond acceptors (Lipinski definition) is 5. The van der Waals surface area contributed by atoms with Crippen molar-refractivity contribution in [3.05, 3.63) is 94.8 Å². The number of benzene rings is 3. The molecule has 3 aromatic carbocycles. The van der Waals surface area contributed by atoms with Crippen LogP contribution in [0.25, 0.3) is 0 Å². The predicted molar refractivity (Wildman–Crippen MR) is 130 cm³/mol. The lowest BCUT2D eigenvalue weighted by Gasteiger charge is -2.23. The second-order valence-electron chi connectivity index (χ2n) is 7.60. The van der Waals surface area contributed by atoms with Crippen LogP contribution in [-0.2, 0) is 20.0 Å². The fourth-order valence-electron chi connectivity index (χ4n) is 3.58. The smallest absolute Gasteiger partial charge is 0.279 e. The monoisotopic (exact) mass is 521 g/mol. The highest BCUT2D eigenvalue weighted by Crippen LogP contribution is 2.38. The first kappa shape index (κ1) is 24.2. The molecular formula is C23H21ClFN3O4S2. The molecule has 1 aliphatic heterocycles. The first-order valence-electron chi connectivity index (χ1n) is 10.3. The van der Waals surface area contributed by atoms with Crippen molar-refractivity contribution < 1.29 is 21.2 Å². The van der Waals surface area contributed by atoms with E-state index in [9.17, 15) is 21.2 Å². The van der Waals surface area contributed by atoms with Gasteiger partial charge in [0.15, 0.2) is 0 Å². The van der Waals surface area contributed by atoms with Gasteiger partial charge in [0.25, 0.3) is 10.0 Å². The molecule has 0 bridgehead atoms. The molecule has 0 aliphatic carbocycles. The summed E-state index contributed by atoms with van der Waals surface area (Å²) in [7, 11) is -7.68. The quantitative estimate of drug-likeness (QED) is 0.484. The van der Waals surface area contributed by atoms with Gasteiger partial charge >= 0.3 is 0 Å². The van der Waals surface area contributed by atoms with Gasteiger partial charge in [0, 0.05) is 17.0 Å². The Labute approximate surface area is 203 Å². The zero-order valence-corrected chi connectivity index (χ0v) is 20.4. The number of anilines is 1. The summed E-state index contributed by atoms with van der Waals surface area (Å²) in [6.45, 7) is 1.52. The zero-order valence-electron chi connectivity index (χ0n) is 18.0. The molecule has 4 rings (SSSR count). The number of para-hydroxylation sites is 1. The number of halogens is 2. The fourth-order valence-corrected chi connectivity index (χ4v) is 5.80. The standard InChI is InChI=1S/C23H21ClFN3O4S2/c1-2-33(29,30)27-21-6-4-3-5-20(21)22-15-23(16-7-11-18(25)12-8-16)28(26-22)34(31,32)19-13-9-17(24)10-14-19/h3-14,23,27H,2,15H2,1H3/t23-/m1/s1. The van der Waals surface area contributed by atoms with E-state index in [-0.39, 0.29) is 17.1 Å². The Morgan fingerprint density at radius 2 is 1.65 bits per heavy atom. The molecule has 1 heterocycles. The SMILES string of the molecule is CCS(=O)(=O)Nc1ccccc1C1=NN(S(=O)(=O)c2ccc(Cl)cc2)[C@@H](c2ccc(F)cc2)C1. The van der Waals surface area contributed by atoms with Crippen molar-refractivity contribution in [3.8, 4) is 0 Å². The molecule has 0 radical (unpaired) electrons. The Morgan fingerprint density at radius 1 is 1.00 bits per heavy atom. The van der Waals surface area contributed by atoms with Crippen LogP contribution >= 0.6 is 11.6 Å². The van der Waals surface area contributed by atoms with E-state index in [1.807, 2.05) is 0 Å². The third-order valence-corrected chi connectivity index (χ3v) is 8.61. The summed E-state index contributed by atoms with van der Waals surface area (Å²) in [5.74, 6) is -0.572. The van der Waals surface area contributed by atoms with Crippen LogP contribution in [0.2, 0.25) is 5.02 Å². The van der Waals surface area contributed by atoms with Gasteiger partial charge in [-0.25, -0.2) is 12.8 Å². The van der Waals surface area contributed by atoms with Gasteiger partial charge in [-0.2, -0.15) is 17.9 Å². The molecule has 1 atom stereocenters. The molecule has 0 fully saturated rings. The van der Waals surface area contributed by atoms with Gasteiger partial charge in [0.2, 0.25) is 10.0 Å². The summed E-state index contributed by atoms with van der Waals surface area (Å²) in [5.41, 5.74) is 1.68. The van der Waals surface area contributed by atoms with Crippen LogP contribution in [0.5, 0.6) is 0 Å². The van der Waals surface area contributed by atoms with E-state index >= 15 is 0 Å². The second kappa shape index (κ2) is 9.36. The molecule has 0 amide bonds. The van der Waals surface area contributed by atoms with Crippen molar-refractivity contribution >= 4 is 43.0 Å². The maximum atomic E-state index is 13.6. The minimum Gasteiger partial charge on any atom is -0.283 e. The van der Waals surface area contributed by atoms with Gasteiger partial charge in [-0.05, 0) is 55.0 Å². The number of nitrogens with one attached hydrogen (secondary N) is 1. The number of rotatable bonds is 7. The summed E-state index contributed by atoms with van der Waals surface area (Å²) in [6.07, 6.45) is 0.156. The van der Waals surface area contributed by atoms with Crippen molar-refractivity contribution in [2.75, 3.05) is 10.5 Å². The average molecular weight is 522 g/mol. The molecule has 0 spiro atoms. The lowest BCUT2D eigenvalue weighted by atomic mass is 9.98. The maximum absolute atomic E-state index is 13.6. The molecular weight excluding hydrogens is 501 g/mol. The van der Waals surface area contributed by atoms with Crippen LogP contribution in [0.3, 0.4) is 0 Å². The molecule has 34 heavy (non-hydrogen) atoms. The molecule has 1 aliphatic rings. The summed E-state index contributed by atoms with van der Waals surface area (Å²) >= 11 is 5.92. The van der Waals surface area contributed by atoms with Gasteiger partial charge in [-0.15, -0.1) is 0 Å². The normalized spacial score (nSPS) is 16.4. The van der Waals surface area contributed by atoms with Gasteiger partial charge in [0.05, 0.1) is 28.1 Å². The van der Waals surface area contributed by atoms with E-state index in [0.717, 1.165) is 4.41 Å². The van der Waals surface area contributed by atoms with E-state index in [2.05, 4.69) is 9.82 Å². The van der Waals surface area contributed by atoms with Crippen LogP contribution < -0.4 is 4.72 Å². The third-order valence-electron chi connectivity index (χ3n) is 5.37. The number of sulfonamides is 2. The van der Waals surface area contributed by atoms with E-state index in [4.69, 9.17) is 11.6 Å². The Balaban J connectivity index is 1.82. The largest absolute Gasteiger partial charge is 0.283 e. The zero-order chi connectivity index (χ0) is 24.5. The van der Waals surface area contributed by atoms with Crippen LogP contribution in [-0.4, -0.2) is 32.7 Å². The van der Waals surface area contributed by atoms with Crippen LogP contribution in [0.15, 0.2) is 82.8 Å². The Morgan fingerprint density at radius 3 is 2.29 bits per heavy atom. The lowest BCUT2D eigenvalue weighted by Crippen LogP contribution is -2.27. The Bertz CT molecular complexity index is 1440. The van der Waals surface area contributed by atoms with Crippen LogP contribution in [0, 0.1) is 5.82 Å². The molecule has 11 heteroatoms. The molecule has 1 N–H and O–H groups in total. The number of hydrogen-bond donors (Lipinski definition) is 1. The fraction of sp³-hybridized carbons (Fsp3) is 0.174. The van der Waals surface area contributed by atoms with Crippen LogP contribution in [0.1, 0.15) is 30.5 Å². The summed E-state index contributed by atoms with van der Waals surface area (Å²) in [6, 6.07) is 17.1. The van der Waals surface area contributed by atoms with Crippen molar-refractivity contribution in [2.24, 2.45) is 5.10 Å². The minimum absolute atomic E-state index is 0.00557. The predicted octanol–water partition coefficient (Wildman–Crippen LogP) is 4.78. The van der Waals surface area contributed by atoms with Crippen molar-refractivity contribution in [3.63, 3.8) is 0 Å². The summed E-state index contributed by atoms with van der Waals surface area (Å²) in [5, 5.41) is 4.81. The first-order valence-corrected chi connectivity index (χ1v) is 13.8. The lowest BCUT2D eigenvalue weighted by molar-refractivity contribution is 0.371. The maximum Gasteiger partial charge on any atom is 0.279 e. The van der Waals surface area contributed by atoms with Crippen LogP contribution in [0.4, 0.5) is 10.1 Å². The second-order valence-corrected chi connectivity index (χ2v) is 11.8. The molecule has 0 unspecified atom stereocenters. The highest BCUT2D eigenvalue weighted by molar-refractivity contribution is 7.92. The molecule has 178 valence electrons. The average Bonchev–Trinajstić information content (AvgIpc) is 3.26. The summed E-state index contributed by atoms with van der Waals surface area (Å²) < 4.78 is 68.5. The molecule has 0 aromatic heterocycles. The van der Waals surface area contributed by atoms with E-state index in [0.29, 0.717) is 27.5 Å². The van der Waals surface area contributed by atoms with Gasteiger partial charge < -0.3 is 0 Å². The van der Waals surface area contributed by atoms with Gasteiger partial charge in [-0.1, -0.05) is 41.9 Å². The number of nitrogens with zero attached hydrogens (tertiary/aromatic N) is 2. The van der Waals surface area contributed by atoms with Crippen molar-refractivity contribution in [1.82, 2.24) is 4.41 Å². The van der Waals surface area contributed by atoms with Crippen molar-refractivity contribution in [1.29, 1.82) is 0 Å². The minimum atomic E-state index is -4.10. The van der Waals surface area contributed by atoms with E-state index in [1.54, 1.807) is 24.3 Å². The van der Waals surface area contributed by atoms with Gasteiger partial charge in [-0.3, -0.25) is 4.72 Å². The molecule has 3 aromatic rings. The highest BCUT2D eigenvalue weighted by atomic mass is 35.5. The topological polar surface area (TPSA) is 95.9 Å².